The number of hydrogen-bond acceptors (Lipinski definition) is 1. The number of aliphatic hydroxyl groups excluding tert-OH is 1. The van der Waals surface area contributed by atoms with Gasteiger partial charge in [-0.05, 0) is 17.6 Å². The van der Waals surface area contributed by atoms with Gasteiger partial charge in [-0.25, -0.2) is 0 Å². The van der Waals surface area contributed by atoms with Crippen molar-refractivity contribution in [1.82, 2.24) is 0 Å². The molecule has 1 nitrogen and oxygen atoms in total. The van der Waals surface area contributed by atoms with Gasteiger partial charge < -0.3 is 5.11 Å². The van der Waals surface area contributed by atoms with Crippen molar-refractivity contribution in [2.24, 2.45) is 0 Å². The van der Waals surface area contributed by atoms with Crippen molar-refractivity contribution in [3.63, 3.8) is 0 Å². The van der Waals surface area contributed by atoms with Crippen molar-refractivity contribution in [3.8, 4) is 0 Å². The first-order valence-electron chi connectivity index (χ1n) is 3.99. The van der Waals surface area contributed by atoms with Crippen LogP contribution in [0, 0.1) is 0 Å². The van der Waals surface area contributed by atoms with E-state index in [2.05, 4.69) is 13.5 Å². The fraction of sp³-hybridized carbons (Fsp3) is 0.400. The average molecular weight is 150 g/mol. The summed E-state index contributed by atoms with van der Waals surface area (Å²) in [5.41, 5.74) is 1.89. The standard InChI is InChI=1S/C10H14O/c1-3-5-9-7-4-6-8(2)10(9)11/h4,6-7,10-11H,2-3,5H2,1H3. The SMILES string of the molecule is C=C1C=CC=C(CCC)C1O. The Hall–Kier alpha value is -0.820. The summed E-state index contributed by atoms with van der Waals surface area (Å²) in [7, 11) is 0. The highest BCUT2D eigenvalue weighted by molar-refractivity contribution is 5.37. The lowest BCUT2D eigenvalue weighted by Crippen LogP contribution is -2.13. The van der Waals surface area contributed by atoms with Crippen molar-refractivity contribution in [3.05, 3.63) is 36.0 Å². The van der Waals surface area contributed by atoms with Gasteiger partial charge in [0.25, 0.3) is 0 Å². The second kappa shape index (κ2) is 3.54. The molecule has 11 heavy (non-hydrogen) atoms. The predicted octanol–water partition coefficient (Wildman–Crippen LogP) is 2.20. The van der Waals surface area contributed by atoms with Crippen LogP contribution < -0.4 is 0 Å². The zero-order valence-electron chi connectivity index (χ0n) is 6.88. The third kappa shape index (κ3) is 1.81. The first-order chi connectivity index (χ1) is 5.25. The number of rotatable bonds is 2. The largest absolute Gasteiger partial charge is 0.384 e. The molecule has 0 aromatic heterocycles. The third-order valence-corrected chi connectivity index (χ3v) is 1.86. The molecule has 0 saturated heterocycles. The summed E-state index contributed by atoms with van der Waals surface area (Å²) in [5, 5.41) is 9.55. The molecule has 1 aliphatic rings. The molecule has 0 heterocycles. The second-order valence-corrected chi connectivity index (χ2v) is 2.83. The Morgan fingerprint density at radius 1 is 1.64 bits per heavy atom. The van der Waals surface area contributed by atoms with Crippen molar-refractivity contribution >= 4 is 0 Å². The van der Waals surface area contributed by atoms with Crippen molar-refractivity contribution in [2.45, 2.75) is 25.9 Å². The van der Waals surface area contributed by atoms with E-state index in [1.165, 1.54) is 0 Å². The molecule has 1 N–H and O–H groups in total. The number of allylic oxidation sites excluding steroid dienone is 2. The lowest BCUT2D eigenvalue weighted by atomic mass is 9.95. The van der Waals surface area contributed by atoms with Crippen LogP contribution >= 0.6 is 0 Å². The Balaban J connectivity index is 2.70. The summed E-state index contributed by atoms with van der Waals surface area (Å²) < 4.78 is 0. The summed E-state index contributed by atoms with van der Waals surface area (Å²) in [6.07, 6.45) is 7.38. The van der Waals surface area contributed by atoms with E-state index in [-0.39, 0.29) is 0 Å². The van der Waals surface area contributed by atoms with E-state index >= 15 is 0 Å². The maximum absolute atomic E-state index is 9.55. The van der Waals surface area contributed by atoms with Gasteiger partial charge in [-0.15, -0.1) is 0 Å². The quantitative estimate of drug-likeness (QED) is 0.639. The number of aliphatic hydroxyl groups is 1. The smallest absolute Gasteiger partial charge is 0.0998 e. The fourth-order valence-electron chi connectivity index (χ4n) is 1.22. The minimum Gasteiger partial charge on any atom is -0.384 e. The minimum absolute atomic E-state index is 0.431. The van der Waals surface area contributed by atoms with Crippen molar-refractivity contribution < 1.29 is 5.11 Å². The van der Waals surface area contributed by atoms with Gasteiger partial charge in [-0.1, -0.05) is 38.2 Å². The van der Waals surface area contributed by atoms with Gasteiger partial charge in [0.2, 0.25) is 0 Å². The van der Waals surface area contributed by atoms with Gasteiger partial charge in [0, 0.05) is 0 Å². The molecule has 1 heteroatoms. The van der Waals surface area contributed by atoms with Crippen LogP contribution in [-0.2, 0) is 0 Å². The first-order valence-corrected chi connectivity index (χ1v) is 3.99. The molecule has 1 aliphatic carbocycles. The summed E-state index contributed by atoms with van der Waals surface area (Å²) in [6, 6.07) is 0. The fourth-order valence-corrected chi connectivity index (χ4v) is 1.22. The van der Waals surface area contributed by atoms with E-state index in [1.54, 1.807) is 0 Å². The van der Waals surface area contributed by atoms with Crippen LogP contribution in [0.1, 0.15) is 19.8 Å². The molecule has 0 aromatic carbocycles. The van der Waals surface area contributed by atoms with E-state index < -0.39 is 6.10 Å². The van der Waals surface area contributed by atoms with E-state index in [9.17, 15) is 5.11 Å². The van der Waals surface area contributed by atoms with Gasteiger partial charge in [0.15, 0.2) is 0 Å². The molecule has 0 aromatic rings. The predicted molar refractivity (Wildman–Crippen MR) is 47.3 cm³/mol. The van der Waals surface area contributed by atoms with Crippen LogP contribution in [0.5, 0.6) is 0 Å². The van der Waals surface area contributed by atoms with Crippen LogP contribution in [0.25, 0.3) is 0 Å². The maximum Gasteiger partial charge on any atom is 0.0998 e. The van der Waals surface area contributed by atoms with Crippen LogP contribution in [0.15, 0.2) is 36.0 Å². The monoisotopic (exact) mass is 150 g/mol. The molecule has 1 unspecified atom stereocenters. The zero-order chi connectivity index (χ0) is 8.27. The average Bonchev–Trinajstić information content (AvgIpc) is 1.99. The lowest BCUT2D eigenvalue weighted by molar-refractivity contribution is 0.245. The van der Waals surface area contributed by atoms with Crippen molar-refractivity contribution in [1.29, 1.82) is 0 Å². The molecular weight excluding hydrogens is 136 g/mol. The molecule has 60 valence electrons. The van der Waals surface area contributed by atoms with Crippen LogP contribution in [-0.4, -0.2) is 11.2 Å². The Kier molecular flexibility index (Phi) is 2.66. The third-order valence-electron chi connectivity index (χ3n) is 1.86. The minimum atomic E-state index is -0.431. The molecule has 0 spiro atoms. The summed E-state index contributed by atoms with van der Waals surface area (Å²) in [6.45, 7) is 5.86. The zero-order valence-corrected chi connectivity index (χ0v) is 6.88. The van der Waals surface area contributed by atoms with E-state index in [4.69, 9.17) is 0 Å². The summed E-state index contributed by atoms with van der Waals surface area (Å²) in [4.78, 5) is 0. The van der Waals surface area contributed by atoms with E-state index in [0.717, 1.165) is 24.0 Å². The van der Waals surface area contributed by atoms with Crippen LogP contribution in [0.4, 0.5) is 0 Å². The Morgan fingerprint density at radius 3 is 3.00 bits per heavy atom. The van der Waals surface area contributed by atoms with Gasteiger partial charge >= 0.3 is 0 Å². The molecule has 0 fully saturated rings. The molecule has 0 bridgehead atoms. The molecule has 1 rings (SSSR count). The summed E-state index contributed by atoms with van der Waals surface area (Å²) >= 11 is 0. The molecular formula is C10H14O. The molecule has 0 saturated carbocycles. The maximum atomic E-state index is 9.55. The number of hydrogen-bond donors (Lipinski definition) is 1. The highest BCUT2D eigenvalue weighted by Gasteiger charge is 2.13. The molecule has 0 aliphatic heterocycles. The van der Waals surface area contributed by atoms with E-state index in [1.807, 2.05) is 18.2 Å². The topological polar surface area (TPSA) is 20.2 Å². The summed E-state index contributed by atoms with van der Waals surface area (Å²) in [5.74, 6) is 0. The molecule has 1 atom stereocenters. The highest BCUT2D eigenvalue weighted by atomic mass is 16.3. The van der Waals surface area contributed by atoms with Gasteiger partial charge in [0.1, 0.15) is 0 Å². The van der Waals surface area contributed by atoms with Crippen LogP contribution in [0.3, 0.4) is 0 Å². The molecule has 0 radical (unpaired) electrons. The highest BCUT2D eigenvalue weighted by Crippen LogP contribution is 2.20. The second-order valence-electron chi connectivity index (χ2n) is 2.83. The first kappa shape index (κ1) is 8.28. The van der Waals surface area contributed by atoms with Gasteiger partial charge in [-0.2, -0.15) is 0 Å². The van der Waals surface area contributed by atoms with E-state index in [0.29, 0.717) is 0 Å². The Morgan fingerprint density at radius 2 is 2.36 bits per heavy atom. The Labute approximate surface area is 67.7 Å². The Bertz CT molecular complexity index is 211. The normalized spacial score (nSPS) is 23.6. The van der Waals surface area contributed by atoms with Crippen LogP contribution in [0.2, 0.25) is 0 Å². The molecule has 0 amide bonds. The van der Waals surface area contributed by atoms with Crippen molar-refractivity contribution in [2.75, 3.05) is 0 Å². The lowest BCUT2D eigenvalue weighted by Gasteiger charge is -2.17. The van der Waals surface area contributed by atoms with Gasteiger partial charge in [0.05, 0.1) is 6.10 Å². The van der Waals surface area contributed by atoms with Gasteiger partial charge in [-0.3, -0.25) is 0 Å².